The summed E-state index contributed by atoms with van der Waals surface area (Å²) in [6, 6.07) is 9.97. The number of H-pyrrole nitrogens is 1. The van der Waals surface area contributed by atoms with Crippen LogP contribution in [0.15, 0.2) is 46.3 Å². The van der Waals surface area contributed by atoms with Crippen LogP contribution in [0, 0.1) is 0 Å². The molecule has 0 radical (unpaired) electrons. The highest BCUT2D eigenvalue weighted by atomic mass is 32.2. The van der Waals surface area contributed by atoms with E-state index in [0.29, 0.717) is 42.1 Å². The number of hydrazine groups is 1. The number of hydrogen-bond donors (Lipinski definition) is 3. The van der Waals surface area contributed by atoms with E-state index in [0.717, 1.165) is 42.3 Å². The average molecular weight is 572 g/mol. The highest BCUT2D eigenvalue weighted by Crippen LogP contribution is 2.38. The molecule has 0 saturated carbocycles. The fourth-order valence-electron chi connectivity index (χ4n) is 4.68. The number of carbonyl (C=O) groups is 1. The summed E-state index contributed by atoms with van der Waals surface area (Å²) in [4.78, 5) is 21.3. The first-order valence-corrected chi connectivity index (χ1v) is 14.1. The van der Waals surface area contributed by atoms with Gasteiger partial charge in [0.25, 0.3) is 10.0 Å². The first-order chi connectivity index (χ1) is 18.7. The van der Waals surface area contributed by atoms with Crippen LogP contribution in [0.2, 0.25) is 0 Å². The summed E-state index contributed by atoms with van der Waals surface area (Å²) in [6.07, 6.45) is 1.89. The maximum Gasteiger partial charge on any atom is 0.264 e. The maximum absolute atomic E-state index is 12.2. The molecule has 0 bridgehead atoms. The molecule has 0 spiro atoms. The first kappa shape index (κ1) is 26.7. The Balaban J connectivity index is 1.23. The average Bonchev–Trinajstić information content (AvgIpc) is 3.29. The van der Waals surface area contributed by atoms with E-state index in [1.165, 1.54) is 12.1 Å². The molecule has 0 aliphatic carbocycles. The van der Waals surface area contributed by atoms with Crippen molar-refractivity contribution in [1.29, 1.82) is 0 Å². The molecule has 1 saturated heterocycles. The van der Waals surface area contributed by atoms with Crippen molar-refractivity contribution < 1.29 is 22.7 Å². The number of carbonyl (C=O) groups excluding carboxylic acids is 1. The number of methoxy groups -OCH3 is 2. The Kier molecular flexibility index (Phi) is 7.34. The minimum absolute atomic E-state index is 0.000193. The predicted molar refractivity (Wildman–Crippen MR) is 153 cm³/mol. The van der Waals surface area contributed by atoms with Crippen molar-refractivity contribution in [3.63, 3.8) is 0 Å². The maximum atomic E-state index is 12.2. The third kappa shape index (κ3) is 5.35. The summed E-state index contributed by atoms with van der Waals surface area (Å²) in [6.45, 7) is 4.50. The van der Waals surface area contributed by atoms with Crippen molar-refractivity contribution in [2.24, 2.45) is 4.99 Å². The fourth-order valence-corrected chi connectivity index (χ4v) is 5.97. The Hall–Kier alpha value is -3.88. The number of benzene rings is 2. The zero-order valence-electron chi connectivity index (χ0n) is 21.7. The largest absolute Gasteiger partial charge is 0.493 e. The molecule has 39 heavy (non-hydrogen) atoms. The number of nitrogens with zero attached hydrogens (tertiary/aromatic N) is 4. The van der Waals surface area contributed by atoms with Crippen LogP contribution in [0.25, 0.3) is 10.9 Å². The van der Waals surface area contributed by atoms with E-state index in [9.17, 15) is 13.2 Å². The van der Waals surface area contributed by atoms with Crippen molar-refractivity contribution in [2.75, 3.05) is 57.4 Å². The third-order valence-corrected chi connectivity index (χ3v) is 8.40. The molecule has 0 atom stereocenters. The number of nitrogens with one attached hydrogen (secondary N) is 3. The number of aromatic nitrogens is 1. The summed E-state index contributed by atoms with van der Waals surface area (Å²) in [7, 11) is -0.646. The minimum Gasteiger partial charge on any atom is -0.493 e. The number of sulfonamides is 1. The number of thiocarbonyl (C=S) groups is 1. The number of aliphatic imine (C=N–C) groups is 1. The molecule has 3 aromatic rings. The molecule has 5 rings (SSSR count). The van der Waals surface area contributed by atoms with Crippen molar-refractivity contribution in [3.05, 3.63) is 42.0 Å². The summed E-state index contributed by atoms with van der Waals surface area (Å²) >= 11 is 5.62. The second kappa shape index (κ2) is 10.7. The lowest BCUT2D eigenvalue weighted by Gasteiger charge is -2.42. The normalized spacial score (nSPS) is 15.7. The molecule has 3 heterocycles. The quantitative estimate of drug-likeness (QED) is 0.378. The van der Waals surface area contributed by atoms with Crippen LogP contribution in [0.5, 0.6) is 11.5 Å². The molecule has 206 valence electrons. The van der Waals surface area contributed by atoms with Crippen LogP contribution in [-0.4, -0.2) is 87.6 Å². The Bertz CT molecular complexity index is 1540. The van der Waals surface area contributed by atoms with E-state index in [4.69, 9.17) is 21.7 Å². The zero-order valence-corrected chi connectivity index (χ0v) is 23.4. The number of piperazine rings is 1. The van der Waals surface area contributed by atoms with Crippen molar-refractivity contribution in [2.45, 2.75) is 11.8 Å². The number of amides is 1. The molecule has 0 unspecified atom stereocenters. The number of anilines is 2. The molecule has 2 aliphatic rings. The second-order valence-electron chi connectivity index (χ2n) is 9.05. The molecule has 1 fully saturated rings. The van der Waals surface area contributed by atoms with Gasteiger partial charge in [-0.15, -0.1) is 0 Å². The Morgan fingerprint density at radius 1 is 1.05 bits per heavy atom. The first-order valence-electron chi connectivity index (χ1n) is 12.2. The smallest absolute Gasteiger partial charge is 0.264 e. The Morgan fingerprint density at radius 3 is 2.36 bits per heavy atom. The zero-order chi connectivity index (χ0) is 27.7. The lowest BCUT2D eigenvalue weighted by atomic mass is 10.1. The van der Waals surface area contributed by atoms with Crippen LogP contribution in [0.3, 0.4) is 0 Å². The summed E-state index contributed by atoms with van der Waals surface area (Å²) in [5, 5.41) is 9.13. The molecular weight excluding hydrogens is 542 g/mol. The number of fused-ring (bicyclic) bond motifs is 3. The van der Waals surface area contributed by atoms with Gasteiger partial charge in [0.1, 0.15) is 12.5 Å². The van der Waals surface area contributed by atoms with Crippen molar-refractivity contribution >= 4 is 61.9 Å². The predicted octanol–water partition coefficient (Wildman–Crippen LogP) is 2.14. The van der Waals surface area contributed by atoms with E-state index in [1.54, 1.807) is 26.4 Å². The van der Waals surface area contributed by atoms with E-state index >= 15 is 0 Å². The van der Waals surface area contributed by atoms with Gasteiger partial charge in [0.15, 0.2) is 16.6 Å². The van der Waals surface area contributed by atoms with Crippen LogP contribution >= 0.6 is 12.2 Å². The van der Waals surface area contributed by atoms with Crippen LogP contribution in [0.4, 0.5) is 11.5 Å². The topological polar surface area (TPSA) is 132 Å². The second-order valence-corrected chi connectivity index (χ2v) is 11.1. The van der Waals surface area contributed by atoms with Gasteiger partial charge >= 0.3 is 0 Å². The van der Waals surface area contributed by atoms with Crippen molar-refractivity contribution in [3.8, 4) is 11.5 Å². The van der Waals surface area contributed by atoms with Crippen molar-refractivity contribution in [1.82, 2.24) is 19.6 Å². The monoisotopic (exact) mass is 571 g/mol. The Labute approximate surface area is 231 Å². The number of aromatic amines is 1. The Morgan fingerprint density at radius 2 is 1.72 bits per heavy atom. The fraction of sp³-hybridized carbons (Fsp3) is 0.320. The number of hydrogen-bond acceptors (Lipinski definition) is 9. The van der Waals surface area contributed by atoms with Crippen LogP contribution in [0.1, 0.15) is 12.5 Å². The van der Waals surface area contributed by atoms with Crippen LogP contribution in [-0.2, 0) is 14.8 Å². The van der Waals surface area contributed by atoms with E-state index < -0.39 is 15.9 Å². The highest BCUT2D eigenvalue weighted by molar-refractivity contribution is 7.90. The summed E-state index contributed by atoms with van der Waals surface area (Å²) < 4.78 is 37.2. The molecule has 3 N–H and O–H groups in total. The lowest BCUT2D eigenvalue weighted by molar-refractivity contribution is -0.117. The standard InChI is InChI=1S/C25H29N7O5S2/c1-16(33)29-39(34,35)18-6-4-17(5-7-18)27-25(38)30-8-10-31(11-9-30)32-15-26-14-20-19-12-22(36-2)23(37-3)13-21(19)28-24(20)32/h4-7,12-14,28H,8-11,15H2,1-3H3,(H,27,38)(H,29,33). The molecule has 1 aromatic heterocycles. The number of rotatable bonds is 6. The molecule has 14 heteroatoms. The minimum atomic E-state index is -3.88. The SMILES string of the molecule is COc1cc2[nH]c3c(c2cc1OC)C=NCN3N1CCN(C(=S)Nc2ccc(S(=O)(=O)NC(C)=O)cc2)CC1. The summed E-state index contributed by atoms with van der Waals surface area (Å²) in [5.41, 5.74) is 2.60. The number of ether oxygens (including phenoxy) is 2. The van der Waals surface area contributed by atoms with Gasteiger partial charge in [0.05, 0.1) is 24.6 Å². The van der Waals surface area contributed by atoms with E-state index in [2.05, 4.69) is 30.2 Å². The van der Waals surface area contributed by atoms with Crippen LogP contribution < -0.4 is 24.5 Å². The van der Waals surface area contributed by atoms with Gasteiger partial charge in [-0.3, -0.25) is 14.8 Å². The summed E-state index contributed by atoms with van der Waals surface area (Å²) in [5.74, 6) is 1.65. The van der Waals surface area contributed by atoms with E-state index in [1.807, 2.05) is 23.1 Å². The van der Waals surface area contributed by atoms with Gasteiger partial charge in [0.2, 0.25) is 5.91 Å². The molecular formula is C25H29N7O5S2. The highest BCUT2D eigenvalue weighted by Gasteiger charge is 2.29. The van der Waals surface area contributed by atoms with E-state index in [-0.39, 0.29) is 4.90 Å². The lowest BCUT2D eigenvalue weighted by Crippen LogP contribution is -2.56. The van der Waals surface area contributed by atoms with Gasteiger partial charge in [-0.05, 0) is 42.5 Å². The van der Waals surface area contributed by atoms with Gasteiger partial charge < -0.3 is 24.7 Å². The van der Waals surface area contributed by atoms with Gasteiger partial charge in [-0.25, -0.2) is 18.1 Å². The molecule has 2 aromatic carbocycles. The molecule has 2 aliphatic heterocycles. The van der Waals surface area contributed by atoms with Gasteiger partial charge in [0, 0.05) is 62.0 Å². The van der Waals surface area contributed by atoms with Gasteiger partial charge in [-0.1, -0.05) is 0 Å². The third-order valence-electron chi connectivity index (χ3n) is 6.59. The van der Waals surface area contributed by atoms with Gasteiger partial charge in [-0.2, -0.15) is 0 Å². The molecule has 12 nitrogen and oxygen atoms in total. The molecule has 1 amide bonds.